The predicted octanol–water partition coefficient (Wildman–Crippen LogP) is 3.08. The summed E-state index contributed by atoms with van der Waals surface area (Å²) < 4.78 is 11.2. The van der Waals surface area contributed by atoms with E-state index in [0.717, 1.165) is 36.6 Å². The van der Waals surface area contributed by atoms with Crippen LogP contribution in [-0.2, 0) is 17.8 Å². The number of carbonyl (C=O) groups excluding carboxylic acids is 1. The van der Waals surface area contributed by atoms with Crippen LogP contribution in [0.5, 0.6) is 11.5 Å². The molecule has 2 unspecified atom stereocenters. The molecule has 0 radical (unpaired) electrons. The molecule has 2 aromatic carbocycles. The molecule has 1 amide bonds. The molecule has 2 aliphatic heterocycles. The Hall–Kier alpha value is -2.53. The first kappa shape index (κ1) is 17.9. The fourth-order valence-corrected chi connectivity index (χ4v) is 3.76. The molecule has 0 aliphatic carbocycles. The third-order valence-corrected chi connectivity index (χ3v) is 5.51. The van der Waals surface area contributed by atoms with Gasteiger partial charge in [-0.2, -0.15) is 0 Å². The highest BCUT2D eigenvalue weighted by Gasteiger charge is 2.26. The summed E-state index contributed by atoms with van der Waals surface area (Å²) >= 11 is 0. The number of benzene rings is 2. The second-order valence-corrected chi connectivity index (χ2v) is 7.30. The lowest BCUT2D eigenvalue weighted by Gasteiger charge is -2.33. The van der Waals surface area contributed by atoms with E-state index in [4.69, 9.17) is 9.47 Å². The van der Waals surface area contributed by atoms with Gasteiger partial charge < -0.3 is 14.8 Å². The maximum Gasteiger partial charge on any atom is 0.237 e. The molecule has 5 nitrogen and oxygen atoms in total. The van der Waals surface area contributed by atoms with Crippen LogP contribution >= 0.6 is 0 Å². The molecule has 2 heterocycles. The van der Waals surface area contributed by atoms with E-state index >= 15 is 0 Å². The quantitative estimate of drug-likeness (QED) is 0.904. The highest BCUT2D eigenvalue weighted by molar-refractivity contribution is 5.81. The zero-order chi connectivity index (χ0) is 18.8. The average molecular weight is 366 g/mol. The maximum atomic E-state index is 12.8. The van der Waals surface area contributed by atoms with Crippen molar-refractivity contribution >= 4 is 5.91 Å². The van der Waals surface area contributed by atoms with Crippen LogP contribution in [0.2, 0.25) is 0 Å². The number of hydrogen-bond donors (Lipinski definition) is 1. The normalized spacial score (nSPS) is 18.3. The zero-order valence-electron chi connectivity index (χ0n) is 15.9. The molecule has 0 saturated carbocycles. The molecule has 0 fully saturated rings. The molecule has 5 heteroatoms. The lowest BCUT2D eigenvalue weighted by atomic mass is 9.98. The predicted molar refractivity (Wildman–Crippen MR) is 104 cm³/mol. The smallest absolute Gasteiger partial charge is 0.237 e. The van der Waals surface area contributed by atoms with Crippen molar-refractivity contribution in [1.29, 1.82) is 0 Å². The summed E-state index contributed by atoms with van der Waals surface area (Å²) in [5.41, 5.74) is 3.73. The molecule has 0 aromatic heterocycles. The lowest BCUT2D eigenvalue weighted by Crippen LogP contribution is -2.47. The Morgan fingerprint density at radius 3 is 2.59 bits per heavy atom. The maximum absolute atomic E-state index is 12.8. The molecular weight excluding hydrogens is 340 g/mol. The summed E-state index contributed by atoms with van der Waals surface area (Å²) in [5, 5.41) is 3.15. The van der Waals surface area contributed by atoms with Crippen LogP contribution in [0.25, 0.3) is 0 Å². The van der Waals surface area contributed by atoms with Crippen LogP contribution in [0.4, 0.5) is 0 Å². The molecule has 4 rings (SSSR count). The number of nitrogens with one attached hydrogen (secondary N) is 1. The van der Waals surface area contributed by atoms with Gasteiger partial charge in [-0.05, 0) is 49.1 Å². The Bertz CT molecular complexity index is 836. The minimum Gasteiger partial charge on any atom is -0.486 e. The second-order valence-electron chi connectivity index (χ2n) is 7.30. The highest BCUT2D eigenvalue weighted by Crippen LogP contribution is 2.32. The van der Waals surface area contributed by atoms with E-state index in [2.05, 4.69) is 34.5 Å². The van der Waals surface area contributed by atoms with E-state index < -0.39 is 0 Å². The summed E-state index contributed by atoms with van der Waals surface area (Å²) in [6.07, 6.45) is 0.992. The molecular formula is C22H26N2O3. The van der Waals surface area contributed by atoms with Gasteiger partial charge >= 0.3 is 0 Å². The molecule has 27 heavy (non-hydrogen) atoms. The van der Waals surface area contributed by atoms with Crippen LogP contribution < -0.4 is 14.8 Å². The monoisotopic (exact) mass is 366 g/mol. The van der Waals surface area contributed by atoms with Crippen molar-refractivity contribution in [1.82, 2.24) is 10.2 Å². The van der Waals surface area contributed by atoms with E-state index in [1.807, 2.05) is 32.0 Å². The van der Waals surface area contributed by atoms with Crippen LogP contribution in [-0.4, -0.2) is 36.6 Å². The molecule has 142 valence electrons. The topological polar surface area (TPSA) is 50.8 Å². The van der Waals surface area contributed by atoms with Gasteiger partial charge in [-0.3, -0.25) is 9.69 Å². The van der Waals surface area contributed by atoms with Crippen molar-refractivity contribution in [2.24, 2.45) is 0 Å². The Morgan fingerprint density at radius 2 is 1.78 bits per heavy atom. The molecule has 1 N–H and O–H groups in total. The number of carbonyl (C=O) groups is 1. The van der Waals surface area contributed by atoms with Gasteiger partial charge in [-0.15, -0.1) is 0 Å². The Balaban J connectivity index is 1.40. The van der Waals surface area contributed by atoms with Crippen molar-refractivity contribution in [3.05, 3.63) is 59.2 Å². The number of hydrogen-bond acceptors (Lipinski definition) is 4. The molecule has 2 aromatic rings. The zero-order valence-corrected chi connectivity index (χ0v) is 15.9. The molecule has 0 spiro atoms. The van der Waals surface area contributed by atoms with E-state index in [1.54, 1.807) is 0 Å². The van der Waals surface area contributed by atoms with E-state index in [9.17, 15) is 4.79 Å². The van der Waals surface area contributed by atoms with Crippen LogP contribution in [0.3, 0.4) is 0 Å². The van der Waals surface area contributed by atoms with Gasteiger partial charge in [0.05, 0.1) is 12.1 Å². The first-order chi connectivity index (χ1) is 13.1. The number of fused-ring (bicyclic) bond motifs is 2. The minimum absolute atomic E-state index is 0.0526. The van der Waals surface area contributed by atoms with Gasteiger partial charge in [0.25, 0.3) is 0 Å². The van der Waals surface area contributed by atoms with Gasteiger partial charge in [-0.25, -0.2) is 0 Å². The van der Waals surface area contributed by atoms with Crippen molar-refractivity contribution in [2.75, 3.05) is 19.8 Å². The van der Waals surface area contributed by atoms with E-state index in [1.165, 1.54) is 11.1 Å². The molecule has 0 bridgehead atoms. The van der Waals surface area contributed by atoms with Crippen LogP contribution in [0.1, 0.15) is 36.6 Å². The van der Waals surface area contributed by atoms with Gasteiger partial charge in [0, 0.05) is 13.1 Å². The standard InChI is InChI=1S/C22H26N2O3/c1-15(18-7-8-20-21(13-18)27-12-11-26-20)23-22(25)16(2)24-10-9-17-5-3-4-6-19(17)14-24/h3-8,13,15-16H,9-12,14H2,1-2H3,(H,23,25). The number of nitrogens with zero attached hydrogens (tertiary/aromatic N) is 1. The fraction of sp³-hybridized carbons (Fsp3) is 0.409. The van der Waals surface area contributed by atoms with Gasteiger partial charge in [0.1, 0.15) is 13.2 Å². The lowest BCUT2D eigenvalue weighted by molar-refractivity contribution is -0.126. The number of amides is 1. The summed E-state index contributed by atoms with van der Waals surface area (Å²) in [6.45, 7) is 6.86. The van der Waals surface area contributed by atoms with E-state index in [-0.39, 0.29) is 18.0 Å². The van der Waals surface area contributed by atoms with Crippen molar-refractivity contribution in [3.63, 3.8) is 0 Å². The van der Waals surface area contributed by atoms with Crippen LogP contribution in [0.15, 0.2) is 42.5 Å². The number of ether oxygens (including phenoxy) is 2. The highest BCUT2D eigenvalue weighted by atomic mass is 16.6. The first-order valence-corrected chi connectivity index (χ1v) is 9.62. The SMILES string of the molecule is CC(NC(=O)C(C)N1CCc2ccccc2C1)c1ccc2c(c1)OCCO2. The first-order valence-electron chi connectivity index (χ1n) is 9.62. The second kappa shape index (κ2) is 7.61. The summed E-state index contributed by atoms with van der Waals surface area (Å²) in [6, 6.07) is 14.1. The Kier molecular flexibility index (Phi) is 5.03. The van der Waals surface area contributed by atoms with Crippen LogP contribution in [0, 0.1) is 0 Å². The van der Waals surface area contributed by atoms with E-state index in [0.29, 0.717) is 13.2 Å². The van der Waals surface area contributed by atoms with Crippen molar-refractivity contribution < 1.29 is 14.3 Å². The molecule has 0 saturated heterocycles. The number of rotatable bonds is 4. The van der Waals surface area contributed by atoms with Gasteiger partial charge in [0.2, 0.25) is 5.91 Å². The van der Waals surface area contributed by atoms with Crippen molar-refractivity contribution in [2.45, 2.75) is 38.9 Å². The van der Waals surface area contributed by atoms with Crippen molar-refractivity contribution in [3.8, 4) is 11.5 Å². The summed E-state index contributed by atoms with van der Waals surface area (Å²) in [7, 11) is 0. The minimum atomic E-state index is -0.169. The fourth-order valence-electron chi connectivity index (χ4n) is 3.76. The van der Waals surface area contributed by atoms with Gasteiger partial charge in [-0.1, -0.05) is 30.3 Å². The Labute approximate surface area is 160 Å². The third kappa shape index (κ3) is 3.78. The molecule has 2 aliphatic rings. The summed E-state index contributed by atoms with van der Waals surface area (Å²) in [4.78, 5) is 15.1. The third-order valence-electron chi connectivity index (χ3n) is 5.51. The largest absolute Gasteiger partial charge is 0.486 e. The molecule has 2 atom stereocenters. The summed E-state index contributed by atoms with van der Waals surface area (Å²) in [5.74, 6) is 1.57. The average Bonchev–Trinajstić information content (AvgIpc) is 2.72. The Morgan fingerprint density at radius 1 is 1.04 bits per heavy atom. The van der Waals surface area contributed by atoms with Gasteiger partial charge in [0.15, 0.2) is 11.5 Å².